The number of rotatable bonds is 5. The fourth-order valence-corrected chi connectivity index (χ4v) is 6.86. The van der Waals surface area contributed by atoms with Crippen LogP contribution in [-0.4, -0.2) is 76.0 Å². The third-order valence-electron chi connectivity index (χ3n) is 6.12. The van der Waals surface area contributed by atoms with Gasteiger partial charge in [-0.1, -0.05) is 11.8 Å². The van der Waals surface area contributed by atoms with Crippen molar-refractivity contribution in [2.45, 2.75) is 24.8 Å². The number of piperazine rings is 1. The van der Waals surface area contributed by atoms with Crippen LogP contribution in [0.3, 0.4) is 0 Å². The molecule has 30 heavy (non-hydrogen) atoms. The number of nitrogens with one attached hydrogen (secondary N) is 2. The minimum atomic E-state index is -3.76. The molecule has 2 saturated heterocycles. The molecule has 0 amide bonds. The molecule has 12 heteroatoms. The van der Waals surface area contributed by atoms with Gasteiger partial charge in [0.25, 0.3) is 15.3 Å². The summed E-state index contributed by atoms with van der Waals surface area (Å²) in [6.07, 6.45) is 5.40. The minimum Gasteiger partial charge on any atom is -0.353 e. The molecule has 2 N–H and O–H groups in total. The third-order valence-corrected chi connectivity index (χ3v) is 8.71. The van der Waals surface area contributed by atoms with Gasteiger partial charge in [-0.3, -0.25) is 9.59 Å². The molecule has 5 rings (SSSR count). The largest absolute Gasteiger partial charge is 0.353 e. The summed E-state index contributed by atoms with van der Waals surface area (Å²) in [7, 11) is -3.76. The van der Waals surface area contributed by atoms with E-state index in [9.17, 15) is 18.0 Å². The van der Waals surface area contributed by atoms with Crippen LogP contribution >= 0.6 is 11.8 Å². The molecule has 1 unspecified atom stereocenters. The quantitative estimate of drug-likeness (QED) is 0.623. The van der Waals surface area contributed by atoms with Gasteiger partial charge in [0, 0.05) is 44.0 Å². The van der Waals surface area contributed by atoms with E-state index in [2.05, 4.69) is 24.6 Å². The molecule has 0 aromatic carbocycles. The van der Waals surface area contributed by atoms with Gasteiger partial charge in [-0.25, -0.2) is 14.7 Å². The topological polar surface area (TPSA) is 128 Å². The van der Waals surface area contributed by atoms with Crippen LogP contribution in [0.4, 0.5) is 5.82 Å². The number of H-pyrrole nitrogens is 1. The van der Waals surface area contributed by atoms with Crippen LogP contribution in [0.15, 0.2) is 18.6 Å². The second-order valence-electron chi connectivity index (χ2n) is 7.99. The van der Waals surface area contributed by atoms with Crippen LogP contribution in [0.5, 0.6) is 0 Å². The van der Waals surface area contributed by atoms with E-state index in [-0.39, 0.29) is 6.54 Å². The number of aromatic amines is 1. The average Bonchev–Trinajstić information content (AvgIpc) is 3.30. The molecule has 1 aliphatic carbocycles. The Kier molecular flexibility index (Phi) is 4.84. The Morgan fingerprint density at radius 3 is 2.90 bits per heavy atom. The highest BCUT2D eigenvalue weighted by atomic mass is 32.2. The lowest BCUT2D eigenvalue weighted by Gasteiger charge is -2.41. The summed E-state index contributed by atoms with van der Waals surface area (Å²) in [5, 5.41) is 0.444. The predicted octanol–water partition coefficient (Wildman–Crippen LogP) is 0.296. The van der Waals surface area contributed by atoms with Gasteiger partial charge in [0.15, 0.2) is 0 Å². The highest BCUT2D eigenvalue weighted by molar-refractivity contribution is 8.15. The lowest BCUT2D eigenvalue weighted by molar-refractivity contribution is -0.134. The van der Waals surface area contributed by atoms with E-state index in [0.717, 1.165) is 41.5 Å². The van der Waals surface area contributed by atoms with Crippen molar-refractivity contribution in [3.05, 3.63) is 18.6 Å². The standard InChI is InChI=1S/C18H22N6O4S2/c25-14-12(2-8-29-17(14)26)9-22-30(27,28)24-7-6-23(10-18(24)3-4-18)16-13-1-5-19-15(13)20-11-21-16/h1,5,11-12,22H,2-4,6-10H2,(H,19,20,21). The minimum absolute atomic E-state index is 0.0281. The molecule has 2 aromatic heterocycles. The van der Waals surface area contributed by atoms with Gasteiger partial charge >= 0.3 is 0 Å². The van der Waals surface area contributed by atoms with Crippen LogP contribution in [0, 0.1) is 5.92 Å². The fourth-order valence-electron chi connectivity index (χ4n) is 4.32. The Morgan fingerprint density at radius 1 is 1.27 bits per heavy atom. The molecular weight excluding hydrogens is 428 g/mol. The molecule has 0 radical (unpaired) electrons. The van der Waals surface area contributed by atoms with E-state index in [1.165, 1.54) is 10.6 Å². The Morgan fingerprint density at radius 2 is 2.10 bits per heavy atom. The SMILES string of the molecule is O=C1SCCC(CNS(=O)(=O)N2CCN(c3ncnc4[nH]ccc34)CC23CC3)C1=O. The number of ketones is 1. The number of hydrogen-bond acceptors (Lipinski definition) is 8. The van der Waals surface area contributed by atoms with Crippen molar-refractivity contribution in [2.24, 2.45) is 5.92 Å². The van der Waals surface area contributed by atoms with Gasteiger partial charge in [0.2, 0.25) is 5.78 Å². The van der Waals surface area contributed by atoms with E-state index in [0.29, 0.717) is 31.8 Å². The molecule has 2 aromatic rings. The Labute approximate surface area is 178 Å². The fraction of sp³-hybridized carbons (Fsp3) is 0.556. The molecule has 1 saturated carbocycles. The van der Waals surface area contributed by atoms with Crippen LogP contribution in [0.2, 0.25) is 0 Å². The van der Waals surface area contributed by atoms with E-state index < -0.39 is 32.6 Å². The Hall–Kier alpha value is -2.02. The smallest absolute Gasteiger partial charge is 0.280 e. The first kappa shape index (κ1) is 19.9. The van der Waals surface area contributed by atoms with Crippen molar-refractivity contribution in [1.29, 1.82) is 0 Å². The zero-order valence-corrected chi connectivity index (χ0v) is 17.8. The number of nitrogens with zero attached hydrogens (tertiary/aromatic N) is 4. The zero-order chi connectivity index (χ0) is 20.9. The summed E-state index contributed by atoms with van der Waals surface area (Å²) in [4.78, 5) is 37.5. The summed E-state index contributed by atoms with van der Waals surface area (Å²) in [6.45, 7) is 1.37. The van der Waals surface area contributed by atoms with Crippen LogP contribution in [0.25, 0.3) is 11.0 Å². The van der Waals surface area contributed by atoms with Gasteiger partial charge in [0.05, 0.1) is 10.9 Å². The predicted molar refractivity (Wildman–Crippen MR) is 112 cm³/mol. The van der Waals surface area contributed by atoms with Crippen LogP contribution in [-0.2, 0) is 19.8 Å². The van der Waals surface area contributed by atoms with E-state index in [4.69, 9.17) is 0 Å². The highest BCUT2D eigenvalue weighted by Gasteiger charge is 2.56. The van der Waals surface area contributed by atoms with E-state index >= 15 is 0 Å². The van der Waals surface area contributed by atoms with Gasteiger partial charge < -0.3 is 9.88 Å². The number of carbonyl (C=O) groups excluding carboxylic acids is 2. The maximum Gasteiger partial charge on any atom is 0.280 e. The summed E-state index contributed by atoms with van der Waals surface area (Å²) >= 11 is 1.01. The summed E-state index contributed by atoms with van der Waals surface area (Å²) in [5.74, 6) is 0.292. The number of aromatic nitrogens is 3. The second-order valence-corrected chi connectivity index (χ2v) is 10.7. The third kappa shape index (κ3) is 3.41. The number of thioether (sulfide) groups is 1. The normalized spacial score (nSPS) is 24.7. The summed E-state index contributed by atoms with van der Waals surface area (Å²) < 4.78 is 30.2. The number of hydrogen-bond donors (Lipinski definition) is 2. The van der Waals surface area contributed by atoms with E-state index in [1.807, 2.05) is 12.3 Å². The van der Waals surface area contributed by atoms with Crippen LogP contribution in [0.1, 0.15) is 19.3 Å². The van der Waals surface area contributed by atoms with Gasteiger partial charge in [-0.2, -0.15) is 12.7 Å². The van der Waals surface area contributed by atoms with E-state index in [1.54, 1.807) is 0 Å². The molecule has 1 spiro atoms. The Bertz CT molecular complexity index is 1110. The summed E-state index contributed by atoms with van der Waals surface area (Å²) in [5.41, 5.74) is 0.298. The molecule has 160 valence electrons. The zero-order valence-electron chi connectivity index (χ0n) is 16.2. The second kappa shape index (κ2) is 7.29. The van der Waals surface area contributed by atoms with Crippen molar-refractivity contribution >= 4 is 49.7 Å². The monoisotopic (exact) mass is 450 g/mol. The molecule has 0 bridgehead atoms. The van der Waals surface area contributed by atoms with Crippen molar-refractivity contribution in [2.75, 3.05) is 36.8 Å². The highest BCUT2D eigenvalue weighted by Crippen LogP contribution is 2.46. The molecule has 4 heterocycles. The van der Waals surface area contributed by atoms with Gasteiger partial charge in [0.1, 0.15) is 17.8 Å². The Balaban J connectivity index is 1.30. The van der Waals surface area contributed by atoms with Gasteiger partial charge in [-0.05, 0) is 25.3 Å². The van der Waals surface area contributed by atoms with Crippen molar-refractivity contribution in [1.82, 2.24) is 24.0 Å². The van der Waals surface area contributed by atoms with Gasteiger partial charge in [-0.15, -0.1) is 0 Å². The maximum atomic E-state index is 13.1. The molecule has 1 atom stereocenters. The first-order chi connectivity index (χ1) is 14.4. The number of carbonyl (C=O) groups is 2. The first-order valence-corrected chi connectivity index (χ1v) is 12.3. The maximum absolute atomic E-state index is 13.1. The number of anilines is 1. The molecule has 10 nitrogen and oxygen atoms in total. The molecule has 3 aliphatic rings. The summed E-state index contributed by atoms with van der Waals surface area (Å²) in [6, 6.07) is 1.93. The number of fused-ring (bicyclic) bond motifs is 1. The van der Waals surface area contributed by atoms with Crippen molar-refractivity contribution < 1.29 is 18.0 Å². The lowest BCUT2D eigenvalue weighted by atomic mass is 10.0. The number of Topliss-reactive ketones (excluding diaryl/α,β-unsaturated/α-hetero) is 1. The molecular formula is C18H22N6O4S2. The average molecular weight is 451 g/mol. The lowest BCUT2D eigenvalue weighted by Crippen LogP contribution is -2.60. The van der Waals surface area contributed by atoms with Crippen molar-refractivity contribution in [3.8, 4) is 0 Å². The first-order valence-electron chi connectivity index (χ1n) is 9.91. The molecule has 2 aliphatic heterocycles. The van der Waals surface area contributed by atoms with Crippen LogP contribution < -0.4 is 9.62 Å². The van der Waals surface area contributed by atoms with Crippen molar-refractivity contribution in [3.63, 3.8) is 0 Å². The molecule has 3 fully saturated rings.